The molecule has 0 atom stereocenters. The second-order valence-corrected chi connectivity index (χ2v) is 6.32. The van der Waals surface area contributed by atoms with E-state index >= 15 is 0 Å². The highest BCUT2D eigenvalue weighted by Gasteiger charge is 2.23. The molecule has 0 fully saturated rings. The molecule has 0 aromatic heterocycles. The summed E-state index contributed by atoms with van der Waals surface area (Å²) in [5, 5.41) is 5.88. The van der Waals surface area contributed by atoms with Crippen molar-refractivity contribution in [3.63, 3.8) is 0 Å². The molecule has 0 spiro atoms. The molecule has 0 saturated heterocycles. The summed E-state index contributed by atoms with van der Waals surface area (Å²) in [6.45, 7) is 6.46. The average molecular weight is 387 g/mol. The van der Waals surface area contributed by atoms with Crippen LogP contribution >= 0.6 is 0 Å². The number of fused-ring (bicyclic) bond motifs is 1. The van der Waals surface area contributed by atoms with Gasteiger partial charge in [-0.2, -0.15) is 0 Å². The summed E-state index contributed by atoms with van der Waals surface area (Å²) >= 11 is 0. The van der Waals surface area contributed by atoms with Crippen molar-refractivity contribution in [2.24, 2.45) is 5.16 Å². The molecule has 0 aliphatic rings. The van der Waals surface area contributed by atoms with Crippen molar-refractivity contribution in [1.29, 1.82) is 0 Å². The highest BCUT2D eigenvalue weighted by Crippen LogP contribution is 2.46. The molecule has 0 bridgehead atoms. The Labute approximate surface area is 166 Å². The Morgan fingerprint density at radius 3 is 2.00 bits per heavy atom. The summed E-state index contributed by atoms with van der Waals surface area (Å²) in [5.41, 5.74) is 2.71. The molecule has 28 heavy (non-hydrogen) atoms. The molecule has 0 aliphatic heterocycles. The summed E-state index contributed by atoms with van der Waals surface area (Å²) in [5.74, 6) is 2.60. The lowest BCUT2D eigenvalue weighted by atomic mass is 9.97. The number of hydrogen-bond acceptors (Lipinski definition) is 6. The summed E-state index contributed by atoms with van der Waals surface area (Å²) in [7, 11) is 6.50. The first-order valence-electron chi connectivity index (χ1n) is 9.14. The quantitative estimate of drug-likeness (QED) is 0.345. The fraction of sp³-hybridized carbons (Fsp3) is 0.409. The Bertz CT molecular complexity index is 882. The maximum atomic E-state index is 5.82. The topological polar surface area (TPSA) is 58.5 Å². The third-order valence-corrected chi connectivity index (χ3v) is 4.30. The van der Waals surface area contributed by atoms with Crippen LogP contribution in [0.1, 0.15) is 32.8 Å². The first kappa shape index (κ1) is 21.4. The molecule has 0 unspecified atom stereocenters. The second-order valence-electron chi connectivity index (χ2n) is 6.32. The summed E-state index contributed by atoms with van der Waals surface area (Å²) < 4.78 is 22.7. The summed E-state index contributed by atoms with van der Waals surface area (Å²) in [6, 6.07) is 5.60. The molecule has 0 aliphatic carbocycles. The van der Waals surface area contributed by atoms with Gasteiger partial charge in [0.25, 0.3) is 0 Å². The van der Waals surface area contributed by atoms with Gasteiger partial charge in [0, 0.05) is 12.0 Å². The fourth-order valence-electron chi connectivity index (χ4n) is 3.01. The van der Waals surface area contributed by atoms with Crippen LogP contribution in [-0.2, 0) is 4.84 Å². The van der Waals surface area contributed by atoms with E-state index in [1.54, 1.807) is 28.4 Å². The molecule has 2 aromatic carbocycles. The monoisotopic (exact) mass is 387 g/mol. The minimum atomic E-state index is 0.475. The lowest BCUT2D eigenvalue weighted by Crippen LogP contribution is -2.07. The zero-order chi connectivity index (χ0) is 20.7. The number of rotatable bonds is 9. The van der Waals surface area contributed by atoms with Crippen LogP contribution in [0, 0.1) is 0 Å². The lowest BCUT2D eigenvalue weighted by molar-refractivity contribution is 0.158. The van der Waals surface area contributed by atoms with E-state index in [1.807, 2.05) is 39.0 Å². The predicted octanol–water partition coefficient (Wildman–Crippen LogP) is 4.97. The molecule has 2 aromatic rings. The molecule has 2 rings (SSSR count). The molecule has 0 heterocycles. The van der Waals surface area contributed by atoms with E-state index in [0.717, 1.165) is 22.0 Å². The van der Waals surface area contributed by atoms with Crippen LogP contribution in [0.4, 0.5) is 0 Å². The maximum Gasteiger partial charge on any atom is 0.140 e. The smallest absolute Gasteiger partial charge is 0.140 e. The molecular formula is C22H29NO5. The van der Waals surface area contributed by atoms with Crippen molar-refractivity contribution < 1.29 is 23.8 Å². The molecule has 0 radical (unpaired) electrons. The minimum absolute atomic E-state index is 0.475. The normalized spacial score (nSPS) is 11.2. The lowest BCUT2D eigenvalue weighted by Gasteiger charge is -2.19. The van der Waals surface area contributed by atoms with Crippen LogP contribution in [0.15, 0.2) is 35.0 Å². The summed E-state index contributed by atoms with van der Waals surface area (Å²) in [6.07, 6.45) is 2.69. The Hall–Kier alpha value is -2.89. The van der Waals surface area contributed by atoms with Gasteiger partial charge in [0.05, 0.1) is 44.9 Å². The number of oxime groups is 1. The van der Waals surface area contributed by atoms with Crippen molar-refractivity contribution in [1.82, 2.24) is 0 Å². The van der Waals surface area contributed by atoms with Crippen LogP contribution in [-0.4, -0.2) is 40.8 Å². The number of ether oxygens (including phenoxy) is 4. The average Bonchev–Trinajstić information content (AvgIpc) is 2.71. The Morgan fingerprint density at radius 2 is 1.50 bits per heavy atom. The van der Waals surface area contributed by atoms with Crippen molar-refractivity contribution in [3.05, 3.63) is 35.4 Å². The Kier molecular flexibility index (Phi) is 7.55. The molecular weight excluding hydrogens is 358 g/mol. The van der Waals surface area contributed by atoms with E-state index in [0.29, 0.717) is 36.0 Å². The van der Waals surface area contributed by atoms with E-state index in [1.165, 1.54) is 5.57 Å². The second kappa shape index (κ2) is 9.88. The highest BCUT2D eigenvalue weighted by molar-refractivity contribution is 6.12. The van der Waals surface area contributed by atoms with Gasteiger partial charge in [0.1, 0.15) is 29.6 Å². The van der Waals surface area contributed by atoms with Crippen molar-refractivity contribution in [2.45, 2.75) is 27.2 Å². The van der Waals surface area contributed by atoms with Crippen LogP contribution in [0.25, 0.3) is 10.8 Å². The van der Waals surface area contributed by atoms with Gasteiger partial charge in [-0.25, -0.2) is 0 Å². The first-order chi connectivity index (χ1) is 13.5. The first-order valence-corrected chi connectivity index (χ1v) is 9.14. The van der Waals surface area contributed by atoms with Crippen LogP contribution in [0.5, 0.6) is 23.0 Å². The van der Waals surface area contributed by atoms with Gasteiger partial charge < -0.3 is 23.8 Å². The third kappa shape index (κ3) is 4.32. The largest absolute Gasteiger partial charge is 0.496 e. The maximum absolute atomic E-state index is 5.82. The van der Waals surface area contributed by atoms with Crippen molar-refractivity contribution >= 4 is 16.5 Å². The molecule has 0 amide bonds. The zero-order valence-electron chi connectivity index (χ0n) is 17.7. The van der Waals surface area contributed by atoms with Gasteiger partial charge in [-0.3, -0.25) is 0 Å². The molecule has 0 N–H and O–H groups in total. The van der Waals surface area contributed by atoms with Crippen LogP contribution in [0.2, 0.25) is 0 Å². The number of methoxy groups -OCH3 is 4. The SMILES string of the molecule is CCON=C(CC=C(C)C)c1cc(OC)c2c(OC)ccc(OC)c2c1OC. The van der Waals surface area contributed by atoms with E-state index in [2.05, 4.69) is 11.2 Å². The Morgan fingerprint density at radius 1 is 0.893 bits per heavy atom. The van der Waals surface area contributed by atoms with Crippen LogP contribution in [0.3, 0.4) is 0 Å². The van der Waals surface area contributed by atoms with Gasteiger partial charge >= 0.3 is 0 Å². The van der Waals surface area contributed by atoms with Gasteiger partial charge in [-0.05, 0) is 39.0 Å². The number of nitrogens with zero attached hydrogens (tertiary/aromatic N) is 1. The van der Waals surface area contributed by atoms with Crippen LogP contribution < -0.4 is 18.9 Å². The molecule has 152 valence electrons. The molecule has 6 heteroatoms. The van der Waals surface area contributed by atoms with Gasteiger partial charge in [-0.15, -0.1) is 0 Å². The Balaban J connectivity index is 2.90. The summed E-state index contributed by atoms with van der Waals surface area (Å²) in [4.78, 5) is 5.38. The van der Waals surface area contributed by atoms with Gasteiger partial charge in [0.15, 0.2) is 0 Å². The standard InChI is InChI=1S/C22H29NO5/c1-8-28-23-16(10-9-14(2)3)15-13-19(26-6)20-17(24-4)11-12-18(25-5)21(20)22(15)27-7/h9,11-13H,8,10H2,1-7H3. The molecule has 6 nitrogen and oxygen atoms in total. The van der Waals surface area contributed by atoms with E-state index in [9.17, 15) is 0 Å². The van der Waals surface area contributed by atoms with Gasteiger partial charge in [0.2, 0.25) is 0 Å². The number of hydrogen-bond donors (Lipinski definition) is 0. The highest BCUT2D eigenvalue weighted by atomic mass is 16.6. The zero-order valence-corrected chi connectivity index (χ0v) is 17.7. The van der Waals surface area contributed by atoms with Gasteiger partial charge in [-0.1, -0.05) is 16.8 Å². The number of benzene rings is 2. The minimum Gasteiger partial charge on any atom is -0.496 e. The van der Waals surface area contributed by atoms with E-state index < -0.39 is 0 Å². The van der Waals surface area contributed by atoms with E-state index in [4.69, 9.17) is 23.8 Å². The number of allylic oxidation sites excluding steroid dienone is 2. The van der Waals surface area contributed by atoms with Crippen molar-refractivity contribution in [3.8, 4) is 23.0 Å². The van der Waals surface area contributed by atoms with Crippen molar-refractivity contribution in [2.75, 3.05) is 35.0 Å². The van der Waals surface area contributed by atoms with E-state index in [-0.39, 0.29) is 0 Å². The third-order valence-electron chi connectivity index (χ3n) is 4.30. The fourth-order valence-corrected chi connectivity index (χ4v) is 3.01. The predicted molar refractivity (Wildman–Crippen MR) is 112 cm³/mol. The molecule has 0 saturated carbocycles.